The van der Waals surface area contributed by atoms with Gasteiger partial charge in [0, 0.05) is 5.56 Å². The van der Waals surface area contributed by atoms with E-state index in [1.807, 2.05) is 0 Å². The molecule has 136 valence electrons. The van der Waals surface area contributed by atoms with Crippen LogP contribution in [-0.2, 0) is 9.53 Å². The molecule has 1 atom stereocenters. The van der Waals surface area contributed by atoms with E-state index in [0.717, 1.165) is 12.1 Å². The largest absolute Gasteiger partial charge is 0.449 e. The summed E-state index contributed by atoms with van der Waals surface area (Å²) in [6.45, 7) is 2.70. The zero-order valence-electron chi connectivity index (χ0n) is 13.8. The molecule has 5 nitrogen and oxygen atoms in total. The number of para-hydroxylation sites is 1. The highest BCUT2D eigenvalue weighted by atomic mass is 35.5. The number of amides is 1. The Kier molecular flexibility index (Phi) is 6.34. The van der Waals surface area contributed by atoms with Gasteiger partial charge < -0.3 is 10.1 Å². The second kappa shape index (κ2) is 8.29. The summed E-state index contributed by atoms with van der Waals surface area (Å²) in [4.78, 5) is 35.9. The summed E-state index contributed by atoms with van der Waals surface area (Å²) >= 11 is 11.4. The molecule has 0 aromatic heterocycles. The first kappa shape index (κ1) is 19.9. The van der Waals surface area contributed by atoms with E-state index in [1.54, 1.807) is 24.3 Å². The van der Waals surface area contributed by atoms with Crippen LogP contribution in [0.2, 0.25) is 10.0 Å². The average molecular weight is 398 g/mol. The number of esters is 1. The minimum absolute atomic E-state index is 0.101. The number of anilines is 1. The molecule has 0 heterocycles. The van der Waals surface area contributed by atoms with Gasteiger partial charge in [-0.25, -0.2) is 9.18 Å². The van der Waals surface area contributed by atoms with Gasteiger partial charge >= 0.3 is 5.97 Å². The molecular weight excluding hydrogens is 384 g/mol. The summed E-state index contributed by atoms with van der Waals surface area (Å²) in [5.74, 6) is -2.70. The molecule has 0 radical (unpaired) electrons. The maximum Gasteiger partial charge on any atom is 0.340 e. The Balaban J connectivity index is 2.11. The predicted molar refractivity (Wildman–Crippen MR) is 96.4 cm³/mol. The number of hydrogen-bond acceptors (Lipinski definition) is 4. The maximum absolute atomic E-state index is 13.5. The molecule has 0 aliphatic rings. The van der Waals surface area contributed by atoms with E-state index in [-0.39, 0.29) is 21.4 Å². The van der Waals surface area contributed by atoms with Crippen molar-refractivity contribution in [3.05, 3.63) is 63.4 Å². The molecule has 0 unspecified atom stereocenters. The fraction of sp³-hybridized carbons (Fsp3) is 0.167. The maximum atomic E-state index is 13.5. The van der Waals surface area contributed by atoms with Gasteiger partial charge in [0.25, 0.3) is 5.91 Å². The Bertz CT molecular complexity index is 885. The Hall–Kier alpha value is -2.44. The molecule has 0 aliphatic carbocycles. The fourth-order valence-electron chi connectivity index (χ4n) is 2.09. The lowest BCUT2D eigenvalue weighted by molar-refractivity contribution is -0.123. The van der Waals surface area contributed by atoms with Gasteiger partial charge in [-0.3, -0.25) is 9.59 Å². The van der Waals surface area contributed by atoms with Gasteiger partial charge in [0.2, 0.25) is 0 Å². The SMILES string of the molecule is CC(=O)c1ccccc1NC(=O)[C@H](C)OC(=O)c1cc(F)c(Cl)cc1Cl. The number of benzene rings is 2. The van der Waals surface area contributed by atoms with Gasteiger partial charge in [-0.2, -0.15) is 0 Å². The van der Waals surface area contributed by atoms with Crippen LogP contribution in [0.3, 0.4) is 0 Å². The third-order valence-electron chi connectivity index (χ3n) is 3.45. The van der Waals surface area contributed by atoms with Gasteiger partial charge in [-0.15, -0.1) is 0 Å². The van der Waals surface area contributed by atoms with Crippen LogP contribution < -0.4 is 5.32 Å². The number of rotatable bonds is 5. The smallest absolute Gasteiger partial charge is 0.340 e. The van der Waals surface area contributed by atoms with Crippen LogP contribution in [0.5, 0.6) is 0 Å². The van der Waals surface area contributed by atoms with E-state index in [4.69, 9.17) is 27.9 Å². The lowest BCUT2D eigenvalue weighted by atomic mass is 10.1. The Morgan fingerprint density at radius 3 is 2.38 bits per heavy atom. The molecule has 2 aromatic rings. The number of Topliss-reactive ketones (excluding diaryl/α,β-unsaturated/α-hetero) is 1. The van der Waals surface area contributed by atoms with Crippen molar-refractivity contribution >= 4 is 46.5 Å². The van der Waals surface area contributed by atoms with Crippen LogP contribution in [0.15, 0.2) is 36.4 Å². The van der Waals surface area contributed by atoms with Crippen molar-refractivity contribution in [2.24, 2.45) is 0 Å². The van der Waals surface area contributed by atoms with Crippen molar-refractivity contribution in [3.8, 4) is 0 Å². The first-order valence-electron chi connectivity index (χ1n) is 7.47. The van der Waals surface area contributed by atoms with Crippen LogP contribution in [0.25, 0.3) is 0 Å². The monoisotopic (exact) mass is 397 g/mol. The molecule has 0 fully saturated rings. The van der Waals surface area contributed by atoms with Crippen molar-refractivity contribution in [2.75, 3.05) is 5.32 Å². The average Bonchev–Trinajstić information content (AvgIpc) is 2.58. The molecule has 2 aromatic carbocycles. The second-order valence-electron chi connectivity index (χ2n) is 5.38. The van der Waals surface area contributed by atoms with Crippen molar-refractivity contribution < 1.29 is 23.5 Å². The number of ether oxygens (including phenoxy) is 1. The molecule has 0 aliphatic heterocycles. The molecule has 2 rings (SSSR count). The van der Waals surface area contributed by atoms with Crippen molar-refractivity contribution in [2.45, 2.75) is 20.0 Å². The summed E-state index contributed by atoms with van der Waals surface area (Å²) in [7, 11) is 0. The summed E-state index contributed by atoms with van der Waals surface area (Å²) in [5.41, 5.74) is 0.364. The Morgan fingerprint density at radius 2 is 1.73 bits per heavy atom. The van der Waals surface area contributed by atoms with Gasteiger partial charge in [0.05, 0.1) is 21.3 Å². The lowest BCUT2D eigenvalue weighted by Gasteiger charge is -2.15. The molecule has 1 amide bonds. The van der Waals surface area contributed by atoms with Crippen LogP contribution in [0.4, 0.5) is 10.1 Å². The van der Waals surface area contributed by atoms with E-state index >= 15 is 0 Å². The van der Waals surface area contributed by atoms with E-state index in [2.05, 4.69) is 5.32 Å². The van der Waals surface area contributed by atoms with Crippen molar-refractivity contribution in [3.63, 3.8) is 0 Å². The summed E-state index contributed by atoms with van der Waals surface area (Å²) < 4.78 is 18.5. The summed E-state index contributed by atoms with van der Waals surface area (Å²) in [5, 5.41) is 2.18. The van der Waals surface area contributed by atoms with Crippen LogP contribution in [0, 0.1) is 5.82 Å². The third kappa shape index (κ3) is 4.59. The quantitative estimate of drug-likeness (QED) is 0.457. The van der Waals surface area contributed by atoms with Gasteiger partial charge in [0.15, 0.2) is 11.9 Å². The minimum atomic E-state index is -1.21. The summed E-state index contributed by atoms with van der Waals surface area (Å²) in [6, 6.07) is 8.33. The molecule has 0 bridgehead atoms. The van der Waals surface area contributed by atoms with Gasteiger partial charge in [-0.05, 0) is 38.1 Å². The predicted octanol–water partition coefficient (Wildman–Crippen LogP) is 4.52. The Morgan fingerprint density at radius 1 is 1.08 bits per heavy atom. The minimum Gasteiger partial charge on any atom is -0.449 e. The van der Waals surface area contributed by atoms with Crippen LogP contribution in [0.1, 0.15) is 34.6 Å². The fourth-order valence-corrected chi connectivity index (χ4v) is 2.55. The third-order valence-corrected chi connectivity index (χ3v) is 4.05. The van der Waals surface area contributed by atoms with Crippen molar-refractivity contribution in [1.29, 1.82) is 0 Å². The molecule has 26 heavy (non-hydrogen) atoms. The zero-order valence-corrected chi connectivity index (χ0v) is 15.3. The summed E-state index contributed by atoms with van der Waals surface area (Å²) in [6.07, 6.45) is -1.21. The van der Waals surface area contributed by atoms with Crippen LogP contribution >= 0.6 is 23.2 Å². The molecular formula is C18H14Cl2FNO4. The molecule has 0 spiro atoms. The highest BCUT2D eigenvalue weighted by molar-refractivity contribution is 6.36. The number of halogens is 3. The van der Waals surface area contributed by atoms with E-state index in [1.165, 1.54) is 13.8 Å². The van der Waals surface area contributed by atoms with Crippen LogP contribution in [-0.4, -0.2) is 23.8 Å². The first-order valence-corrected chi connectivity index (χ1v) is 8.22. The van der Waals surface area contributed by atoms with E-state index in [0.29, 0.717) is 11.3 Å². The number of nitrogens with one attached hydrogen (secondary N) is 1. The van der Waals surface area contributed by atoms with E-state index < -0.39 is 23.8 Å². The Labute approximate surface area is 159 Å². The second-order valence-corrected chi connectivity index (χ2v) is 6.20. The molecule has 0 saturated heterocycles. The van der Waals surface area contributed by atoms with Gasteiger partial charge in [-0.1, -0.05) is 35.3 Å². The number of hydrogen-bond donors (Lipinski definition) is 1. The lowest BCUT2D eigenvalue weighted by Crippen LogP contribution is -2.30. The van der Waals surface area contributed by atoms with Gasteiger partial charge in [0.1, 0.15) is 5.82 Å². The van der Waals surface area contributed by atoms with E-state index in [9.17, 15) is 18.8 Å². The van der Waals surface area contributed by atoms with Crippen molar-refractivity contribution in [1.82, 2.24) is 0 Å². The number of carbonyl (C=O) groups excluding carboxylic acids is 3. The number of carbonyl (C=O) groups is 3. The number of ketones is 1. The first-order chi connectivity index (χ1) is 12.2. The normalized spacial score (nSPS) is 11.6. The molecule has 8 heteroatoms. The zero-order chi connectivity index (χ0) is 19.4. The topological polar surface area (TPSA) is 72.5 Å². The highest BCUT2D eigenvalue weighted by Crippen LogP contribution is 2.25. The molecule has 1 N–H and O–H groups in total. The standard InChI is InChI=1S/C18H14Cl2FNO4/c1-9(23)11-5-3-4-6-16(11)22-17(24)10(2)26-18(25)12-7-15(21)14(20)8-13(12)19/h3-8,10H,1-2H3,(H,22,24)/t10-/m0/s1. The molecule has 0 saturated carbocycles. The highest BCUT2D eigenvalue weighted by Gasteiger charge is 2.23.